The van der Waals surface area contributed by atoms with E-state index in [1.807, 2.05) is 17.0 Å². The van der Waals surface area contributed by atoms with Gasteiger partial charge in [0.25, 0.3) is 0 Å². The first-order valence-corrected chi connectivity index (χ1v) is 9.30. The predicted octanol–water partition coefficient (Wildman–Crippen LogP) is 2.37. The third-order valence-electron chi connectivity index (χ3n) is 5.01. The minimum atomic E-state index is -0.390. The summed E-state index contributed by atoms with van der Waals surface area (Å²) in [4.78, 5) is 15.2. The zero-order valence-electron chi connectivity index (χ0n) is 14.1. The monoisotopic (exact) mass is 396 g/mol. The Kier molecular flexibility index (Phi) is 5.92. The Bertz CT molecular complexity index is 570. The van der Waals surface area contributed by atoms with Crippen LogP contribution in [0.15, 0.2) is 28.7 Å². The molecule has 0 radical (unpaired) electrons. The number of hydrogen-bond donors (Lipinski definition) is 1. The SMILES string of the molecule is COCC1(C(=O)N2CCOC(c3cccc(Br)c3)C2)CCNCC1. The number of carbonyl (C=O) groups is 1. The maximum Gasteiger partial charge on any atom is 0.231 e. The molecule has 1 unspecified atom stereocenters. The third-order valence-corrected chi connectivity index (χ3v) is 5.50. The number of rotatable bonds is 4. The van der Waals surface area contributed by atoms with E-state index in [1.165, 1.54) is 0 Å². The van der Waals surface area contributed by atoms with Crippen LogP contribution in [0.1, 0.15) is 24.5 Å². The largest absolute Gasteiger partial charge is 0.384 e. The maximum atomic E-state index is 13.3. The van der Waals surface area contributed by atoms with E-state index < -0.39 is 0 Å². The standard InChI is InChI=1S/C18H25BrN2O3/c1-23-13-18(5-7-20-8-6-18)17(22)21-9-10-24-16(12-21)14-3-2-4-15(19)11-14/h2-4,11,16,20H,5-10,12-13H2,1H3. The van der Waals surface area contributed by atoms with Gasteiger partial charge in [-0.05, 0) is 43.6 Å². The molecule has 132 valence electrons. The van der Waals surface area contributed by atoms with Crippen molar-refractivity contribution in [1.29, 1.82) is 0 Å². The molecule has 0 saturated carbocycles. The van der Waals surface area contributed by atoms with Gasteiger partial charge in [0.1, 0.15) is 6.10 Å². The van der Waals surface area contributed by atoms with E-state index in [1.54, 1.807) is 7.11 Å². The Morgan fingerprint density at radius 3 is 2.96 bits per heavy atom. The highest BCUT2D eigenvalue weighted by Gasteiger charge is 2.43. The number of morpholine rings is 1. The van der Waals surface area contributed by atoms with E-state index >= 15 is 0 Å². The van der Waals surface area contributed by atoms with Gasteiger partial charge in [-0.3, -0.25) is 4.79 Å². The smallest absolute Gasteiger partial charge is 0.231 e. The summed E-state index contributed by atoms with van der Waals surface area (Å²) in [6.07, 6.45) is 1.60. The van der Waals surface area contributed by atoms with Gasteiger partial charge in [-0.1, -0.05) is 28.1 Å². The highest BCUT2D eigenvalue weighted by Crippen LogP contribution is 2.34. The normalized spacial score (nSPS) is 23.9. The number of benzene rings is 1. The van der Waals surface area contributed by atoms with E-state index in [0.717, 1.165) is 36.0 Å². The van der Waals surface area contributed by atoms with Gasteiger partial charge in [0, 0.05) is 18.1 Å². The molecular formula is C18H25BrN2O3. The molecule has 0 aliphatic carbocycles. The average molecular weight is 397 g/mol. The number of piperidine rings is 1. The molecule has 0 bridgehead atoms. The lowest BCUT2D eigenvalue weighted by Gasteiger charge is -2.42. The minimum absolute atomic E-state index is 0.0680. The predicted molar refractivity (Wildman–Crippen MR) is 95.8 cm³/mol. The van der Waals surface area contributed by atoms with Gasteiger partial charge >= 0.3 is 0 Å². The molecule has 24 heavy (non-hydrogen) atoms. The fourth-order valence-electron chi connectivity index (χ4n) is 3.68. The molecule has 1 amide bonds. The van der Waals surface area contributed by atoms with Crippen molar-refractivity contribution >= 4 is 21.8 Å². The number of ether oxygens (including phenoxy) is 2. The Morgan fingerprint density at radius 2 is 2.25 bits per heavy atom. The number of nitrogens with one attached hydrogen (secondary N) is 1. The van der Waals surface area contributed by atoms with Crippen molar-refractivity contribution in [2.24, 2.45) is 5.41 Å². The number of hydrogen-bond acceptors (Lipinski definition) is 4. The lowest BCUT2D eigenvalue weighted by Crippen LogP contribution is -2.54. The Hall–Kier alpha value is -0.950. The van der Waals surface area contributed by atoms with Crippen LogP contribution in [-0.4, -0.2) is 57.3 Å². The van der Waals surface area contributed by atoms with Crippen LogP contribution in [0.3, 0.4) is 0 Å². The summed E-state index contributed by atoms with van der Waals surface area (Å²) in [5.74, 6) is 0.217. The molecule has 5 nitrogen and oxygen atoms in total. The van der Waals surface area contributed by atoms with Crippen LogP contribution < -0.4 is 5.32 Å². The van der Waals surface area contributed by atoms with Crippen LogP contribution in [-0.2, 0) is 14.3 Å². The van der Waals surface area contributed by atoms with Crippen LogP contribution in [0.25, 0.3) is 0 Å². The molecular weight excluding hydrogens is 372 g/mol. The highest BCUT2D eigenvalue weighted by atomic mass is 79.9. The molecule has 1 atom stereocenters. The molecule has 2 aliphatic heterocycles. The molecule has 2 heterocycles. The first-order chi connectivity index (χ1) is 11.6. The third kappa shape index (κ3) is 3.82. The summed E-state index contributed by atoms with van der Waals surface area (Å²) in [6, 6.07) is 8.12. The van der Waals surface area contributed by atoms with Crippen LogP contribution in [0, 0.1) is 5.41 Å². The van der Waals surface area contributed by atoms with Crippen molar-refractivity contribution in [2.75, 3.05) is 46.5 Å². The first kappa shape index (κ1) is 17.9. The van der Waals surface area contributed by atoms with Crippen molar-refractivity contribution < 1.29 is 14.3 Å². The van der Waals surface area contributed by atoms with E-state index in [0.29, 0.717) is 26.3 Å². The summed E-state index contributed by atoms with van der Waals surface area (Å²) < 4.78 is 12.4. The molecule has 0 aromatic heterocycles. The molecule has 1 N–H and O–H groups in total. The average Bonchev–Trinajstić information content (AvgIpc) is 2.62. The fraction of sp³-hybridized carbons (Fsp3) is 0.611. The Labute approximate surface area is 151 Å². The van der Waals surface area contributed by atoms with Crippen LogP contribution >= 0.6 is 15.9 Å². The van der Waals surface area contributed by atoms with Crippen LogP contribution in [0.2, 0.25) is 0 Å². The van der Waals surface area contributed by atoms with Gasteiger partial charge in [0.05, 0.1) is 25.2 Å². The van der Waals surface area contributed by atoms with Crippen molar-refractivity contribution in [3.8, 4) is 0 Å². The Balaban J connectivity index is 1.74. The second-order valence-corrected chi connectivity index (χ2v) is 7.54. The maximum absolute atomic E-state index is 13.3. The number of carbonyl (C=O) groups excluding carboxylic acids is 1. The van der Waals surface area contributed by atoms with Gasteiger partial charge in [-0.2, -0.15) is 0 Å². The van der Waals surface area contributed by atoms with Gasteiger partial charge in [-0.15, -0.1) is 0 Å². The van der Waals surface area contributed by atoms with Gasteiger partial charge in [0.2, 0.25) is 5.91 Å². The van der Waals surface area contributed by atoms with Crippen molar-refractivity contribution in [2.45, 2.75) is 18.9 Å². The summed E-state index contributed by atoms with van der Waals surface area (Å²) in [5, 5.41) is 3.34. The molecule has 2 saturated heterocycles. The molecule has 2 aliphatic rings. The molecule has 1 aromatic carbocycles. The lowest BCUT2D eigenvalue weighted by molar-refractivity contribution is -0.155. The zero-order valence-corrected chi connectivity index (χ0v) is 15.7. The summed E-state index contributed by atoms with van der Waals surface area (Å²) in [6.45, 7) is 4.07. The summed E-state index contributed by atoms with van der Waals surface area (Å²) in [7, 11) is 1.68. The van der Waals surface area contributed by atoms with Crippen molar-refractivity contribution in [1.82, 2.24) is 10.2 Å². The van der Waals surface area contributed by atoms with Crippen LogP contribution in [0.5, 0.6) is 0 Å². The minimum Gasteiger partial charge on any atom is -0.384 e. The number of nitrogens with zero attached hydrogens (tertiary/aromatic N) is 1. The second-order valence-electron chi connectivity index (χ2n) is 6.63. The Morgan fingerprint density at radius 1 is 1.46 bits per heavy atom. The fourth-order valence-corrected chi connectivity index (χ4v) is 4.10. The summed E-state index contributed by atoms with van der Waals surface area (Å²) >= 11 is 3.50. The molecule has 2 fully saturated rings. The van der Waals surface area contributed by atoms with Gasteiger partial charge < -0.3 is 19.7 Å². The quantitative estimate of drug-likeness (QED) is 0.848. The number of methoxy groups -OCH3 is 1. The van der Waals surface area contributed by atoms with Gasteiger partial charge in [-0.25, -0.2) is 0 Å². The molecule has 6 heteroatoms. The van der Waals surface area contributed by atoms with Gasteiger partial charge in [0.15, 0.2) is 0 Å². The topological polar surface area (TPSA) is 50.8 Å². The van der Waals surface area contributed by atoms with Crippen molar-refractivity contribution in [3.63, 3.8) is 0 Å². The zero-order chi connectivity index (χ0) is 17.0. The number of amides is 1. The first-order valence-electron chi connectivity index (χ1n) is 8.51. The van der Waals surface area contributed by atoms with E-state index in [-0.39, 0.29) is 17.4 Å². The molecule has 3 rings (SSSR count). The van der Waals surface area contributed by atoms with E-state index in [2.05, 4.69) is 33.4 Å². The second kappa shape index (κ2) is 7.95. The number of halogens is 1. The lowest BCUT2D eigenvalue weighted by atomic mass is 9.78. The molecule has 1 aromatic rings. The highest BCUT2D eigenvalue weighted by molar-refractivity contribution is 9.10. The van der Waals surface area contributed by atoms with Crippen molar-refractivity contribution in [3.05, 3.63) is 34.3 Å². The van der Waals surface area contributed by atoms with Crippen LogP contribution in [0.4, 0.5) is 0 Å². The summed E-state index contributed by atoms with van der Waals surface area (Å²) in [5.41, 5.74) is 0.715. The molecule has 0 spiro atoms. The van der Waals surface area contributed by atoms with E-state index in [9.17, 15) is 4.79 Å². The van der Waals surface area contributed by atoms with E-state index in [4.69, 9.17) is 9.47 Å².